The second-order valence-electron chi connectivity index (χ2n) is 5.66. The fourth-order valence-electron chi connectivity index (χ4n) is 1.98. The molecule has 116 valence electrons. The van der Waals surface area contributed by atoms with E-state index in [4.69, 9.17) is 5.11 Å². The molecule has 0 aromatic heterocycles. The number of unbranched alkanes of at least 4 members (excludes halogenated alkanes) is 6. The predicted octanol–water partition coefficient (Wildman–Crippen LogP) is 5.74. The van der Waals surface area contributed by atoms with Gasteiger partial charge in [-0.15, -0.1) is 0 Å². The van der Waals surface area contributed by atoms with Crippen molar-refractivity contribution in [2.75, 3.05) is 0 Å². The van der Waals surface area contributed by atoms with Crippen molar-refractivity contribution < 1.29 is 9.90 Å². The quantitative estimate of drug-likeness (QED) is 0.345. The molecule has 0 aromatic rings. The molecule has 0 aliphatic rings. The summed E-state index contributed by atoms with van der Waals surface area (Å²) in [4.78, 5) is 10.3. The molecule has 0 rings (SSSR count). The minimum atomic E-state index is -0.670. The Hall–Kier alpha value is -1.05. The molecule has 2 nitrogen and oxygen atoms in total. The summed E-state index contributed by atoms with van der Waals surface area (Å²) in [6.45, 7) is 4.51. The Bertz CT molecular complexity index is 279. The summed E-state index contributed by atoms with van der Waals surface area (Å²) in [7, 11) is 0. The first-order valence-electron chi connectivity index (χ1n) is 8.20. The van der Waals surface area contributed by atoms with Crippen molar-refractivity contribution in [3.05, 3.63) is 24.3 Å². The molecule has 0 aromatic carbocycles. The van der Waals surface area contributed by atoms with Gasteiger partial charge in [0.25, 0.3) is 0 Å². The van der Waals surface area contributed by atoms with Crippen LogP contribution in [0.3, 0.4) is 0 Å². The van der Waals surface area contributed by atoms with Crippen molar-refractivity contribution in [2.24, 2.45) is 5.92 Å². The summed E-state index contributed by atoms with van der Waals surface area (Å²) in [6.07, 6.45) is 19.5. The third kappa shape index (κ3) is 15.0. The van der Waals surface area contributed by atoms with Gasteiger partial charge in [0.15, 0.2) is 0 Å². The summed E-state index contributed by atoms with van der Waals surface area (Å²) >= 11 is 0. The normalized spacial score (nSPS) is 13.3. The van der Waals surface area contributed by atoms with Gasteiger partial charge in [-0.2, -0.15) is 0 Å². The van der Waals surface area contributed by atoms with Gasteiger partial charge in [-0.3, -0.25) is 4.79 Å². The van der Waals surface area contributed by atoms with Crippen molar-refractivity contribution in [2.45, 2.75) is 78.1 Å². The Morgan fingerprint density at radius 2 is 1.60 bits per heavy atom. The van der Waals surface area contributed by atoms with Crippen LogP contribution in [0.4, 0.5) is 0 Å². The number of carboxylic acids is 1. The zero-order valence-electron chi connectivity index (χ0n) is 13.3. The SMILES string of the molecule is CCC(C)C/C=C/C=C/CCCCCCCCC(=O)O. The molecule has 1 atom stereocenters. The molecule has 0 saturated heterocycles. The van der Waals surface area contributed by atoms with Gasteiger partial charge in [-0.25, -0.2) is 0 Å². The smallest absolute Gasteiger partial charge is 0.303 e. The third-order valence-corrected chi connectivity index (χ3v) is 3.63. The van der Waals surface area contributed by atoms with Crippen molar-refractivity contribution in [1.82, 2.24) is 0 Å². The summed E-state index contributed by atoms with van der Waals surface area (Å²) in [5, 5.41) is 8.51. The molecular formula is C18H32O2. The van der Waals surface area contributed by atoms with E-state index in [9.17, 15) is 4.79 Å². The van der Waals surface area contributed by atoms with Crippen LogP contribution in [-0.2, 0) is 4.79 Å². The van der Waals surface area contributed by atoms with E-state index in [0.29, 0.717) is 6.42 Å². The summed E-state index contributed by atoms with van der Waals surface area (Å²) in [6, 6.07) is 0. The average molecular weight is 280 g/mol. The number of aliphatic carboxylic acids is 1. The third-order valence-electron chi connectivity index (χ3n) is 3.63. The van der Waals surface area contributed by atoms with Crippen LogP contribution in [-0.4, -0.2) is 11.1 Å². The van der Waals surface area contributed by atoms with Gasteiger partial charge < -0.3 is 5.11 Å². The van der Waals surface area contributed by atoms with Crippen molar-refractivity contribution in [3.63, 3.8) is 0 Å². The Morgan fingerprint density at radius 1 is 1.00 bits per heavy atom. The van der Waals surface area contributed by atoms with Crippen LogP contribution >= 0.6 is 0 Å². The van der Waals surface area contributed by atoms with Gasteiger partial charge in [0.05, 0.1) is 0 Å². The number of hydrogen-bond donors (Lipinski definition) is 1. The van der Waals surface area contributed by atoms with Crippen LogP contribution in [0.1, 0.15) is 78.1 Å². The molecule has 1 N–H and O–H groups in total. The lowest BCUT2D eigenvalue weighted by atomic mass is 10.1. The van der Waals surface area contributed by atoms with Gasteiger partial charge in [0.2, 0.25) is 0 Å². The summed E-state index contributed by atoms with van der Waals surface area (Å²) in [5.41, 5.74) is 0. The number of carboxylic acid groups (broad SMARTS) is 1. The van der Waals surface area contributed by atoms with Crippen molar-refractivity contribution >= 4 is 5.97 Å². The molecule has 0 heterocycles. The molecule has 0 aliphatic carbocycles. The first kappa shape index (κ1) is 18.9. The van der Waals surface area contributed by atoms with E-state index in [1.54, 1.807) is 0 Å². The molecular weight excluding hydrogens is 248 g/mol. The molecule has 20 heavy (non-hydrogen) atoms. The average Bonchev–Trinajstić information content (AvgIpc) is 2.43. The van der Waals surface area contributed by atoms with Crippen LogP contribution in [0.25, 0.3) is 0 Å². The Labute approximate surface area is 125 Å². The highest BCUT2D eigenvalue weighted by molar-refractivity contribution is 5.66. The lowest BCUT2D eigenvalue weighted by Gasteiger charge is -2.01. The molecule has 0 amide bonds. The van der Waals surface area contributed by atoms with Crippen LogP contribution in [0.5, 0.6) is 0 Å². The molecule has 0 fully saturated rings. The monoisotopic (exact) mass is 280 g/mol. The minimum absolute atomic E-state index is 0.325. The van der Waals surface area contributed by atoms with Gasteiger partial charge in [0.1, 0.15) is 0 Å². The van der Waals surface area contributed by atoms with Crippen LogP contribution in [0.15, 0.2) is 24.3 Å². The maximum atomic E-state index is 10.3. The highest BCUT2D eigenvalue weighted by Crippen LogP contribution is 2.09. The van der Waals surface area contributed by atoms with Crippen LogP contribution < -0.4 is 0 Å². The van der Waals surface area contributed by atoms with E-state index in [0.717, 1.165) is 25.2 Å². The minimum Gasteiger partial charge on any atom is -0.481 e. The van der Waals surface area contributed by atoms with E-state index in [1.165, 1.54) is 38.5 Å². The Balaban J connectivity index is 3.25. The Morgan fingerprint density at radius 3 is 2.25 bits per heavy atom. The van der Waals surface area contributed by atoms with E-state index >= 15 is 0 Å². The predicted molar refractivity (Wildman–Crippen MR) is 86.9 cm³/mol. The van der Waals surface area contributed by atoms with Gasteiger partial charge in [-0.1, -0.05) is 70.3 Å². The molecule has 2 heteroatoms. The number of carbonyl (C=O) groups is 1. The number of rotatable bonds is 13. The van der Waals surface area contributed by atoms with Crippen LogP contribution in [0, 0.1) is 5.92 Å². The van der Waals surface area contributed by atoms with Crippen LogP contribution in [0.2, 0.25) is 0 Å². The topological polar surface area (TPSA) is 37.3 Å². The molecule has 0 aliphatic heterocycles. The lowest BCUT2D eigenvalue weighted by molar-refractivity contribution is -0.137. The lowest BCUT2D eigenvalue weighted by Crippen LogP contribution is -1.93. The van der Waals surface area contributed by atoms with Crippen molar-refractivity contribution in [1.29, 1.82) is 0 Å². The fourth-order valence-corrected chi connectivity index (χ4v) is 1.98. The maximum Gasteiger partial charge on any atom is 0.303 e. The summed E-state index contributed by atoms with van der Waals surface area (Å²) < 4.78 is 0. The van der Waals surface area contributed by atoms with E-state index in [-0.39, 0.29) is 0 Å². The molecule has 0 radical (unpaired) electrons. The van der Waals surface area contributed by atoms with Crippen molar-refractivity contribution in [3.8, 4) is 0 Å². The van der Waals surface area contributed by atoms with Gasteiger partial charge >= 0.3 is 5.97 Å². The van der Waals surface area contributed by atoms with E-state index in [1.807, 2.05) is 0 Å². The van der Waals surface area contributed by atoms with E-state index in [2.05, 4.69) is 38.2 Å². The molecule has 0 spiro atoms. The molecule has 0 saturated carbocycles. The zero-order chi connectivity index (χ0) is 15.1. The fraction of sp³-hybridized carbons (Fsp3) is 0.722. The first-order valence-corrected chi connectivity index (χ1v) is 8.20. The molecule has 0 bridgehead atoms. The highest BCUT2D eigenvalue weighted by Gasteiger charge is 1.96. The largest absolute Gasteiger partial charge is 0.481 e. The standard InChI is InChI=1S/C18H32O2/c1-3-17(2)15-13-11-9-7-5-4-6-8-10-12-14-16-18(19)20/h7,9,11,13,17H,3-6,8,10,12,14-16H2,1-2H3,(H,19,20)/b9-7+,13-11+. The zero-order valence-corrected chi connectivity index (χ0v) is 13.3. The Kier molecular flexibility index (Phi) is 13.6. The highest BCUT2D eigenvalue weighted by atomic mass is 16.4. The number of hydrogen-bond acceptors (Lipinski definition) is 1. The maximum absolute atomic E-state index is 10.3. The number of allylic oxidation sites excluding steroid dienone is 4. The first-order chi connectivity index (χ1) is 9.66. The second-order valence-corrected chi connectivity index (χ2v) is 5.66. The second kappa shape index (κ2) is 14.4. The molecule has 1 unspecified atom stereocenters. The summed E-state index contributed by atoms with van der Waals surface area (Å²) in [5.74, 6) is 0.122. The van der Waals surface area contributed by atoms with Gasteiger partial charge in [-0.05, 0) is 31.6 Å². The van der Waals surface area contributed by atoms with E-state index < -0.39 is 5.97 Å². The van der Waals surface area contributed by atoms with Gasteiger partial charge in [0, 0.05) is 6.42 Å².